The van der Waals surface area contributed by atoms with Crippen molar-refractivity contribution in [3.63, 3.8) is 0 Å². The largest absolute Gasteiger partial charge is 0.506 e. The fourth-order valence-corrected chi connectivity index (χ4v) is 1.81. The Hall–Kier alpha value is -1.68. The van der Waals surface area contributed by atoms with Crippen molar-refractivity contribution in [2.24, 2.45) is 0 Å². The summed E-state index contributed by atoms with van der Waals surface area (Å²) in [6, 6.07) is 3.42. The molecule has 0 bridgehead atoms. The predicted molar refractivity (Wildman–Crippen MR) is 62.5 cm³/mol. The highest BCUT2D eigenvalue weighted by Gasteiger charge is 2.17. The van der Waals surface area contributed by atoms with Crippen molar-refractivity contribution in [2.75, 3.05) is 5.73 Å². The molecule has 1 heterocycles. The average molecular weight is 239 g/mol. The zero-order chi connectivity index (χ0) is 11.9. The molecule has 0 aliphatic carbocycles. The highest BCUT2D eigenvalue weighted by molar-refractivity contribution is 6.33. The van der Waals surface area contributed by atoms with Gasteiger partial charge in [0.15, 0.2) is 11.6 Å². The van der Waals surface area contributed by atoms with Gasteiger partial charge in [-0.15, -0.1) is 0 Å². The summed E-state index contributed by atoms with van der Waals surface area (Å²) < 4.78 is 5.01. The van der Waals surface area contributed by atoms with Gasteiger partial charge in [0.05, 0.1) is 10.6 Å². The second-order valence-electron chi connectivity index (χ2n) is 3.66. The number of phenols is 1. The molecule has 2 rings (SSSR count). The van der Waals surface area contributed by atoms with E-state index >= 15 is 0 Å². The Morgan fingerprint density at radius 1 is 1.31 bits per heavy atom. The molecule has 0 spiro atoms. The minimum atomic E-state index is -0.00434. The molecule has 84 valence electrons. The average Bonchev–Trinajstić information content (AvgIpc) is 2.61. The summed E-state index contributed by atoms with van der Waals surface area (Å²) in [7, 11) is 0. The number of rotatable bonds is 1. The van der Waals surface area contributed by atoms with Crippen LogP contribution in [0.4, 0.5) is 5.82 Å². The Kier molecular flexibility index (Phi) is 2.52. The molecule has 0 atom stereocenters. The van der Waals surface area contributed by atoms with E-state index in [0.717, 1.165) is 11.1 Å². The van der Waals surface area contributed by atoms with Gasteiger partial charge in [-0.1, -0.05) is 22.8 Å². The lowest BCUT2D eigenvalue weighted by Gasteiger charge is -2.09. The zero-order valence-electron chi connectivity index (χ0n) is 8.91. The lowest BCUT2D eigenvalue weighted by Crippen LogP contribution is -1.87. The lowest BCUT2D eigenvalue weighted by molar-refractivity contribution is 0.428. The molecule has 16 heavy (non-hydrogen) atoms. The number of aromatic nitrogens is 1. The molecule has 1 aromatic carbocycles. The molecule has 0 saturated heterocycles. The van der Waals surface area contributed by atoms with Crippen molar-refractivity contribution in [1.82, 2.24) is 5.16 Å². The molecule has 0 saturated carbocycles. The highest BCUT2D eigenvalue weighted by Crippen LogP contribution is 2.40. The number of anilines is 1. The van der Waals surface area contributed by atoms with Crippen molar-refractivity contribution < 1.29 is 9.63 Å². The van der Waals surface area contributed by atoms with Crippen LogP contribution in [-0.2, 0) is 0 Å². The van der Waals surface area contributed by atoms with Crippen molar-refractivity contribution in [3.8, 4) is 17.1 Å². The third kappa shape index (κ3) is 1.61. The summed E-state index contributed by atoms with van der Waals surface area (Å²) in [5, 5.41) is 13.9. The molecular weight excluding hydrogens is 228 g/mol. The number of aromatic hydroxyl groups is 1. The molecule has 5 heteroatoms. The van der Waals surface area contributed by atoms with E-state index in [-0.39, 0.29) is 11.6 Å². The number of hydrogen-bond donors (Lipinski definition) is 2. The Balaban J connectivity index is 2.70. The Morgan fingerprint density at radius 3 is 2.56 bits per heavy atom. The van der Waals surface area contributed by atoms with Crippen LogP contribution in [0.25, 0.3) is 11.3 Å². The van der Waals surface area contributed by atoms with Crippen LogP contribution in [0.1, 0.15) is 11.1 Å². The first-order chi connectivity index (χ1) is 7.50. The van der Waals surface area contributed by atoms with Crippen molar-refractivity contribution >= 4 is 17.4 Å². The molecule has 0 radical (unpaired) electrons. The van der Waals surface area contributed by atoms with Gasteiger partial charge in [0.1, 0.15) is 5.75 Å². The summed E-state index contributed by atoms with van der Waals surface area (Å²) >= 11 is 5.97. The number of hydrogen-bond acceptors (Lipinski definition) is 4. The Labute approximate surface area is 97.6 Å². The van der Waals surface area contributed by atoms with E-state index in [2.05, 4.69) is 5.16 Å². The molecule has 0 aliphatic heterocycles. The summed E-state index contributed by atoms with van der Waals surface area (Å²) in [6.07, 6.45) is 0. The Bertz CT molecular complexity index is 549. The van der Waals surface area contributed by atoms with E-state index in [4.69, 9.17) is 21.9 Å². The van der Waals surface area contributed by atoms with E-state index in [9.17, 15) is 5.11 Å². The number of benzene rings is 1. The maximum absolute atomic E-state index is 9.96. The molecule has 1 aromatic heterocycles. The monoisotopic (exact) mass is 238 g/mol. The second-order valence-corrected chi connectivity index (χ2v) is 4.04. The van der Waals surface area contributed by atoms with E-state index in [1.807, 2.05) is 19.9 Å². The number of nitrogen functional groups attached to an aromatic ring is 1. The van der Waals surface area contributed by atoms with Crippen LogP contribution in [0, 0.1) is 13.8 Å². The molecule has 0 fully saturated rings. The lowest BCUT2D eigenvalue weighted by atomic mass is 10.0. The smallest absolute Gasteiger partial charge is 0.173 e. The number of nitrogens with two attached hydrogens (primary N) is 1. The molecule has 3 N–H and O–H groups in total. The Morgan fingerprint density at radius 2 is 2.00 bits per heavy atom. The first-order valence-electron chi connectivity index (χ1n) is 4.72. The van der Waals surface area contributed by atoms with E-state index < -0.39 is 0 Å². The van der Waals surface area contributed by atoms with Gasteiger partial charge in [0, 0.05) is 6.07 Å². The van der Waals surface area contributed by atoms with Gasteiger partial charge < -0.3 is 15.4 Å². The van der Waals surface area contributed by atoms with Gasteiger partial charge in [-0.3, -0.25) is 0 Å². The fourth-order valence-electron chi connectivity index (χ4n) is 1.66. The van der Waals surface area contributed by atoms with Crippen molar-refractivity contribution in [2.45, 2.75) is 13.8 Å². The number of halogens is 1. The van der Waals surface area contributed by atoms with Crippen molar-refractivity contribution in [1.29, 1.82) is 0 Å². The van der Waals surface area contributed by atoms with Crippen LogP contribution in [0.5, 0.6) is 5.75 Å². The van der Waals surface area contributed by atoms with E-state index in [1.54, 1.807) is 6.07 Å². The second kappa shape index (κ2) is 3.72. The summed E-state index contributed by atoms with van der Waals surface area (Å²) in [4.78, 5) is 0. The quantitative estimate of drug-likeness (QED) is 0.801. The van der Waals surface area contributed by atoms with E-state index in [1.165, 1.54) is 0 Å². The van der Waals surface area contributed by atoms with Crippen LogP contribution in [0.15, 0.2) is 16.7 Å². The molecule has 4 nitrogen and oxygen atoms in total. The summed E-state index contributed by atoms with van der Waals surface area (Å²) in [5.74, 6) is 0.676. The SMILES string of the molecule is Cc1cc(C)c(-c2cc(N)no2)c(O)c1Cl. The third-order valence-corrected chi connectivity index (χ3v) is 2.87. The van der Waals surface area contributed by atoms with Crippen LogP contribution < -0.4 is 5.73 Å². The molecule has 2 aromatic rings. The van der Waals surface area contributed by atoms with Gasteiger partial charge in [0.25, 0.3) is 0 Å². The molecular formula is C11H11ClN2O2. The first-order valence-corrected chi connectivity index (χ1v) is 5.09. The number of phenolic OH excluding ortho intramolecular Hbond substituents is 1. The minimum absolute atomic E-state index is 0.00434. The van der Waals surface area contributed by atoms with Gasteiger partial charge >= 0.3 is 0 Å². The third-order valence-electron chi connectivity index (χ3n) is 2.39. The topological polar surface area (TPSA) is 72.3 Å². The van der Waals surface area contributed by atoms with Crippen LogP contribution in [0.2, 0.25) is 5.02 Å². The molecule has 0 amide bonds. The van der Waals surface area contributed by atoms with Gasteiger partial charge in [0.2, 0.25) is 0 Å². The fraction of sp³-hybridized carbons (Fsp3) is 0.182. The number of aryl methyl sites for hydroxylation is 2. The predicted octanol–water partition coefficient (Wildman–Crippen LogP) is 2.90. The van der Waals surface area contributed by atoms with Gasteiger partial charge in [-0.2, -0.15) is 0 Å². The van der Waals surface area contributed by atoms with Gasteiger partial charge in [-0.05, 0) is 25.0 Å². The molecule has 0 unspecified atom stereocenters. The maximum Gasteiger partial charge on any atom is 0.173 e. The van der Waals surface area contributed by atoms with Crippen LogP contribution >= 0.6 is 11.6 Å². The summed E-state index contributed by atoms with van der Waals surface area (Å²) in [5.41, 5.74) is 7.66. The summed E-state index contributed by atoms with van der Waals surface area (Å²) in [6.45, 7) is 3.69. The normalized spacial score (nSPS) is 10.7. The van der Waals surface area contributed by atoms with Crippen LogP contribution in [-0.4, -0.2) is 10.3 Å². The van der Waals surface area contributed by atoms with E-state index in [0.29, 0.717) is 16.3 Å². The zero-order valence-corrected chi connectivity index (χ0v) is 9.67. The van der Waals surface area contributed by atoms with Gasteiger partial charge in [-0.25, -0.2) is 0 Å². The van der Waals surface area contributed by atoms with Crippen molar-refractivity contribution in [3.05, 3.63) is 28.3 Å². The highest BCUT2D eigenvalue weighted by atomic mass is 35.5. The van der Waals surface area contributed by atoms with Crippen LogP contribution in [0.3, 0.4) is 0 Å². The molecule has 0 aliphatic rings. The number of nitrogens with zero attached hydrogens (tertiary/aromatic N) is 1. The standard InChI is InChI=1S/C11H11ClN2O2/c1-5-3-6(2)10(12)11(15)9(5)7-4-8(13)14-16-7/h3-4,15H,1-2H3,(H2,13,14). The maximum atomic E-state index is 9.96. The minimum Gasteiger partial charge on any atom is -0.506 e. The first kappa shape index (κ1) is 10.8.